The van der Waals surface area contributed by atoms with Crippen LogP contribution in [0.2, 0.25) is 0 Å². The van der Waals surface area contributed by atoms with E-state index in [0.29, 0.717) is 6.54 Å². The normalized spacial score (nSPS) is 12.6. The van der Waals surface area contributed by atoms with Gasteiger partial charge in [-0.15, -0.1) is 11.8 Å². The molecule has 3 heteroatoms. The summed E-state index contributed by atoms with van der Waals surface area (Å²) in [5, 5.41) is 0. The Morgan fingerprint density at radius 3 is 2.19 bits per heavy atom. The lowest BCUT2D eigenvalue weighted by molar-refractivity contribution is 0.242. The number of nitrogens with zero attached hydrogens (tertiary/aromatic N) is 1. The Kier molecular flexibility index (Phi) is 5.85. The van der Waals surface area contributed by atoms with Crippen LogP contribution in [0.4, 0.5) is 0 Å². The minimum Gasteiger partial charge on any atom is -0.329 e. The molecule has 0 fully saturated rings. The molecule has 2 N–H and O–H groups in total. The van der Waals surface area contributed by atoms with Crippen molar-refractivity contribution in [1.82, 2.24) is 4.90 Å². The highest BCUT2D eigenvalue weighted by Gasteiger charge is 2.15. The zero-order valence-corrected chi connectivity index (χ0v) is 13.9. The van der Waals surface area contributed by atoms with Crippen molar-refractivity contribution in [3.63, 3.8) is 0 Å². The zero-order valence-electron chi connectivity index (χ0n) is 13.0. The van der Waals surface area contributed by atoms with Crippen molar-refractivity contribution in [1.29, 1.82) is 0 Å². The molecule has 1 atom stereocenters. The fourth-order valence-electron chi connectivity index (χ4n) is 2.49. The molecule has 0 aromatic heterocycles. The molecular weight excluding hydrogens is 276 g/mol. The van der Waals surface area contributed by atoms with Gasteiger partial charge in [0.05, 0.1) is 0 Å². The molecule has 1 unspecified atom stereocenters. The van der Waals surface area contributed by atoms with E-state index in [4.69, 9.17) is 5.73 Å². The van der Waals surface area contributed by atoms with Crippen molar-refractivity contribution in [2.45, 2.75) is 24.4 Å². The third-order valence-electron chi connectivity index (χ3n) is 3.81. The van der Waals surface area contributed by atoms with Gasteiger partial charge in [-0.3, -0.25) is 4.90 Å². The van der Waals surface area contributed by atoms with Gasteiger partial charge in [-0.2, -0.15) is 0 Å². The average Bonchev–Trinajstić information content (AvgIpc) is 2.51. The summed E-state index contributed by atoms with van der Waals surface area (Å²) in [7, 11) is 2.14. The van der Waals surface area contributed by atoms with Gasteiger partial charge in [-0.1, -0.05) is 42.0 Å². The molecule has 0 saturated carbocycles. The Morgan fingerprint density at radius 2 is 1.67 bits per heavy atom. The monoisotopic (exact) mass is 300 g/mol. The van der Waals surface area contributed by atoms with Crippen LogP contribution in [0.1, 0.15) is 22.7 Å². The fraction of sp³-hybridized carbons (Fsp3) is 0.333. The van der Waals surface area contributed by atoms with Crippen molar-refractivity contribution in [3.05, 3.63) is 65.2 Å². The summed E-state index contributed by atoms with van der Waals surface area (Å²) in [6, 6.07) is 17.7. The Labute approximate surface area is 132 Å². The maximum absolute atomic E-state index is 6.01. The van der Waals surface area contributed by atoms with E-state index < -0.39 is 0 Å². The topological polar surface area (TPSA) is 29.3 Å². The molecule has 0 aliphatic rings. The summed E-state index contributed by atoms with van der Waals surface area (Å²) in [4.78, 5) is 3.61. The van der Waals surface area contributed by atoms with E-state index in [1.54, 1.807) is 11.8 Å². The Hall–Kier alpha value is -1.29. The van der Waals surface area contributed by atoms with Gasteiger partial charge >= 0.3 is 0 Å². The molecule has 0 aliphatic carbocycles. The molecule has 2 aromatic rings. The SMILES string of the molecule is CSc1ccc(C(CN)N(C)Cc2ccc(C)cc2)cc1. The second kappa shape index (κ2) is 7.64. The van der Waals surface area contributed by atoms with Crippen LogP contribution in [0.5, 0.6) is 0 Å². The maximum Gasteiger partial charge on any atom is 0.0470 e. The van der Waals surface area contributed by atoms with Crippen LogP contribution in [0, 0.1) is 6.92 Å². The molecule has 2 rings (SSSR count). The predicted molar refractivity (Wildman–Crippen MR) is 92.7 cm³/mol. The van der Waals surface area contributed by atoms with Crippen LogP contribution in [-0.4, -0.2) is 24.7 Å². The highest BCUT2D eigenvalue weighted by Crippen LogP contribution is 2.23. The number of hydrogen-bond donors (Lipinski definition) is 1. The van der Waals surface area contributed by atoms with Crippen molar-refractivity contribution in [2.24, 2.45) is 5.73 Å². The second-order valence-corrected chi connectivity index (χ2v) is 6.31. The third kappa shape index (κ3) is 4.34. The second-order valence-electron chi connectivity index (χ2n) is 5.43. The lowest BCUT2D eigenvalue weighted by Gasteiger charge is -2.27. The number of nitrogens with two attached hydrogens (primary N) is 1. The maximum atomic E-state index is 6.01. The van der Waals surface area contributed by atoms with Crippen LogP contribution >= 0.6 is 11.8 Å². The quantitative estimate of drug-likeness (QED) is 0.822. The van der Waals surface area contributed by atoms with E-state index in [1.165, 1.54) is 21.6 Å². The first-order chi connectivity index (χ1) is 10.1. The first-order valence-electron chi connectivity index (χ1n) is 7.24. The first-order valence-corrected chi connectivity index (χ1v) is 8.46. The molecule has 0 amide bonds. The van der Waals surface area contributed by atoms with Gasteiger partial charge < -0.3 is 5.73 Å². The van der Waals surface area contributed by atoms with Gasteiger partial charge in [0.1, 0.15) is 0 Å². The molecule has 112 valence electrons. The van der Waals surface area contributed by atoms with Crippen LogP contribution < -0.4 is 5.73 Å². The molecule has 0 aliphatic heterocycles. The zero-order chi connectivity index (χ0) is 15.2. The molecule has 0 bridgehead atoms. The fourth-order valence-corrected chi connectivity index (χ4v) is 2.90. The molecule has 0 spiro atoms. The largest absolute Gasteiger partial charge is 0.329 e. The van der Waals surface area contributed by atoms with Gasteiger partial charge in [-0.25, -0.2) is 0 Å². The van der Waals surface area contributed by atoms with Gasteiger partial charge in [0.15, 0.2) is 0 Å². The summed E-state index contributed by atoms with van der Waals surface area (Å²) >= 11 is 1.76. The number of thioether (sulfide) groups is 1. The smallest absolute Gasteiger partial charge is 0.0470 e. The lowest BCUT2D eigenvalue weighted by atomic mass is 10.0. The van der Waals surface area contributed by atoms with Crippen LogP contribution in [0.25, 0.3) is 0 Å². The van der Waals surface area contributed by atoms with E-state index in [9.17, 15) is 0 Å². The summed E-state index contributed by atoms with van der Waals surface area (Å²) < 4.78 is 0. The summed E-state index contributed by atoms with van der Waals surface area (Å²) in [5.74, 6) is 0. The molecular formula is C18H24N2S. The minimum atomic E-state index is 0.252. The number of aryl methyl sites for hydroxylation is 1. The average molecular weight is 300 g/mol. The third-order valence-corrected chi connectivity index (χ3v) is 4.55. The van der Waals surface area contributed by atoms with Crippen LogP contribution in [0.3, 0.4) is 0 Å². The molecule has 21 heavy (non-hydrogen) atoms. The first kappa shape index (κ1) is 16.1. The highest BCUT2D eigenvalue weighted by atomic mass is 32.2. The highest BCUT2D eigenvalue weighted by molar-refractivity contribution is 7.98. The van der Waals surface area contributed by atoms with Crippen molar-refractivity contribution >= 4 is 11.8 Å². The summed E-state index contributed by atoms with van der Waals surface area (Å²) in [6.45, 7) is 3.65. The van der Waals surface area contributed by atoms with Gasteiger partial charge in [0.2, 0.25) is 0 Å². The Bertz CT molecular complexity index is 548. The molecule has 0 saturated heterocycles. The summed E-state index contributed by atoms with van der Waals surface area (Å²) in [6.07, 6.45) is 2.10. The van der Waals surface area contributed by atoms with E-state index in [0.717, 1.165) is 6.54 Å². The van der Waals surface area contributed by atoms with Gasteiger partial charge in [0, 0.05) is 24.0 Å². The van der Waals surface area contributed by atoms with E-state index in [2.05, 4.69) is 73.7 Å². The molecule has 0 heterocycles. The van der Waals surface area contributed by atoms with E-state index in [1.807, 2.05) is 0 Å². The van der Waals surface area contributed by atoms with Gasteiger partial charge in [0.25, 0.3) is 0 Å². The van der Waals surface area contributed by atoms with Crippen LogP contribution in [0.15, 0.2) is 53.4 Å². The lowest BCUT2D eigenvalue weighted by Crippen LogP contribution is -2.30. The predicted octanol–water partition coefficient (Wildman–Crippen LogP) is 3.85. The Balaban J connectivity index is 2.09. The molecule has 2 aromatic carbocycles. The van der Waals surface area contributed by atoms with Crippen molar-refractivity contribution in [2.75, 3.05) is 19.8 Å². The Morgan fingerprint density at radius 1 is 1.05 bits per heavy atom. The van der Waals surface area contributed by atoms with E-state index in [-0.39, 0.29) is 6.04 Å². The number of hydrogen-bond acceptors (Lipinski definition) is 3. The van der Waals surface area contributed by atoms with Crippen LogP contribution in [-0.2, 0) is 6.54 Å². The number of rotatable bonds is 6. The van der Waals surface area contributed by atoms with Gasteiger partial charge in [-0.05, 0) is 43.5 Å². The number of benzene rings is 2. The standard InChI is InChI=1S/C18H24N2S/c1-14-4-6-15(7-5-14)13-20(2)18(12-19)16-8-10-17(21-3)11-9-16/h4-11,18H,12-13,19H2,1-3H3. The van der Waals surface area contributed by atoms with Crippen molar-refractivity contribution < 1.29 is 0 Å². The van der Waals surface area contributed by atoms with E-state index >= 15 is 0 Å². The number of likely N-dealkylation sites (N-methyl/N-ethyl adjacent to an activating group) is 1. The molecule has 2 nitrogen and oxygen atoms in total. The van der Waals surface area contributed by atoms with Crippen molar-refractivity contribution in [3.8, 4) is 0 Å². The summed E-state index contributed by atoms with van der Waals surface area (Å²) in [5.41, 5.74) is 9.91. The minimum absolute atomic E-state index is 0.252. The molecule has 0 radical (unpaired) electrons.